The van der Waals surface area contributed by atoms with E-state index in [2.05, 4.69) is 0 Å². The van der Waals surface area contributed by atoms with Crippen LogP contribution in [-0.4, -0.2) is 7.11 Å². The van der Waals surface area contributed by atoms with Crippen LogP contribution in [0.4, 0.5) is 4.39 Å². The minimum atomic E-state index is -0.369. The zero-order valence-corrected chi connectivity index (χ0v) is 10.8. The van der Waals surface area contributed by atoms with Gasteiger partial charge in [0, 0.05) is 11.1 Å². The summed E-state index contributed by atoms with van der Waals surface area (Å²) in [4.78, 5) is 0. The fourth-order valence-electron chi connectivity index (χ4n) is 2.95. The number of nitrogens with two attached hydrogens (primary N) is 1. The third-order valence-electron chi connectivity index (χ3n) is 3.95. The minimum absolute atomic E-state index is 0.223. The number of benzene rings is 1. The predicted molar refractivity (Wildman–Crippen MR) is 66.8 cm³/mol. The lowest BCUT2D eigenvalue weighted by Gasteiger charge is -2.28. The highest BCUT2D eigenvalue weighted by molar-refractivity contribution is 5.48. The van der Waals surface area contributed by atoms with Crippen molar-refractivity contribution in [2.45, 2.75) is 45.1 Å². The van der Waals surface area contributed by atoms with Gasteiger partial charge < -0.3 is 10.5 Å². The van der Waals surface area contributed by atoms with Gasteiger partial charge in [-0.1, -0.05) is 12.8 Å². The summed E-state index contributed by atoms with van der Waals surface area (Å²) < 4.78 is 19.2. The summed E-state index contributed by atoms with van der Waals surface area (Å²) in [6.07, 6.45) is 4.10. The summed E-state index contributed by atoms with van der Waals surface area (Å²) in [7, 11) is 1.58. The van der Waals surface area contributed by atoms with Gasteiger partial charge in [-0.15, -0.1) is 0 Å². The second-order valence-corrected chi connectivity index (χ2v) is 5.05. The third-order valence-corrected chi connectivity index (χ3v) is 3.95. The van der Waals surface area contributed by atoms with Crippen molar-refractivity contribution < 1.29 is 9.13 Å². The quantitative estimate of drug-likeness (QED) is 0.857. The van der Waals surface area contributed by atoms with E-state index in [1.54, 1.807) is 20.1 Å². The molecule has 0 bridgehead atoms. The van der Waals surface area contributed by atoms with E-state index in [9.17, 15) is 4.39 Å². The molecule has 0 aromatic heterocycles. The van der Waals surface area contributed by atoms with Crippen LogP contribution in [0.2, 0.25) is 0 Å². The van der Waals surface area contributed by atoms with Gasteiger partial charge >= 0.3 is 0 Å². The molecule has 17 heavy (non-hydrogen) atoms. The minimum Gasteiger partial charge on any atom is -0.496 e. The van der Waals surface area contributed by atoms with E-state index in [4.69, 9.17) is 10.5 Å². The van der Waals surface area contributed by atoms with Crippen molar-refractivity contribution in [3.05, 3.63) is 28.6 Å². The van der Waals surface area contributed by atoms with Crippen molar-refractivity contribution in [1.29, 1.82) is 0 Å². The highest BCUT2D eigenvalue weighted by atomic mass is 19.1. The molecule has 2 N–H and O–H groups in total. The average Bonchev–Trinajstić information content (AvgIpc) is 2.72. The molecule has 94 valence electrons. The van der Waals surface area contributed by atoms with E-state index in [-0.39, 0.29) is 11.4 Å². The average molecular weight is 237 g/mol. The molecular formula is C14H20FNO. The van der Waals surface area contributed by atoms with Gasteiger partial charge in [0.05, 0.1) is 7.11 Å². The smallest absolute Gasteiger partial charge is 0.130 e. The second kappa shape index (κ2) is 4.30. The van der Waals surface area contributed by atoms with Crippen molar-refractivity contribution in [2.75, 3.05) is 7.11 Å². The highest BCUT2D eigenvalue weighted by Gasteiger charge is 2.34. The van der Waals surface area contributed by atoms with Gasteiger partial charge in [0.1, 0.15) is 11.6 Å². The predicted octanol–water partition coefficient (Wildman–Crippen LogP) is 3.18. The fourth-order valence-corrected chi connectivity index (χ4v) is 2.95. The van der Waals surface area contributed by atoms with Crippen molar-refractivity contribution in [2.24, 2.45) is 5.73 Å². The molecule has 0 heterocycles. The summed E-state index contributed by atoms with van der Waals surface area (Å²) >= 11 is 0. The number of hydrogen-bond acceptors (Lipinski definition) is 2. The zero-order chi connectivity index (χ0) is 12.6. The topological polar surface area (TPSA) is 35.2 Å². The SMILES string of the molecule is COc1c(C)c(F)cc(C2(N)CCCC2)c1C. The normalized spacial score (nSPS) is 18.4. The number of hydrogen-bond donors (Lipinski definition) is 1. The molecule has 0 aliphatic heterocycles. The Morgan fingerprint density at radius 1 is 1.24 bits per heavy atom. The van der Waals surface area contributed by atoms with E-state index in [0.29, 0.717) is 11.3 Å². The zero-order valence-electron chi connectivity index (χ0n) is 10.8. The summed E-state index contributed by atoms with van der Waals surface area (Å²) in [5.74, 6) is 0.413. The third kappa shape index (κ3) is 1.93. The first-order valence-corrected chi connectivity index (χ1v) is 6.12. The Kier molecular flexibility index (Phi) is 3.13. The van der Waals surface area contributed by atoms with E-state index < -0.39 is 0 Å². The molecule has 3 heteroatoms. The van der Waals surface area contributed by atoms with Crippen molar-refractivity contribution in [1.82, 2.24) is 0 Å². The standard InChI is InChI=1S/C14H20FNO/c1-9-11(14(16)6-4-5-7-14)8-12(15)10(2)13(9)17-3/h8H,4-7,16H2,1-3H3. The maximum absolute atomic E-state index is 13.9. The van der Waals surface area contributed by atoms with Crippen molar-refractivity contribution in [3.8, 4) is 5.75 Å². The molecule has 2 nitrogen and oxygen atoms in total. The van der Waals surface area contributed by atoms with Gasteiger partial charge in [0.25, 0.3) is 0 Å². The molecule has 1 aliphatic carbocycles. The second-order valence-electron chi connectivity index (χ2n) is 5.05. The molecule has 0 saturated heterocycles. The molecule has 1 aliphatic rings. The van der Waals surface area contributed by atoms with Crippen LogP contribution in [0.1, 0.15) is 42.4 Å². The molecule has 1 aromatic carbocycles. The number of methoxy groups -OCH3 is 1. The Balaban J connectivity index is 2.58. The first-order valence-electron chi connectivity index (χ1n) is 6.12. The van der Waals surface area contributed by atoms with E-state index in [1.165, 1.54) is 0 Å². The van der Waals surface area contributed by atoms with Crippen LogP contribution < -0.4 is 10.5 Å². The summed E-state index contributed by atoms with van der Waals surface area (Å²) in [5, 5.41) is 0. The number of rotatable bonds is 2. The van der Waals surface area contributed by atoms with Crippen LogP contribution in [0.25, 0.3) is 0 Å². The highest BCUT2D eigenvalue weighted by Crippen LogP contribution is 2.41. The molecule has 0 radical (unpaired) electrons. The Labute approximate surface area is 102 Å². The molecule has 1 fully saturated rings. The number of halogens is 1. The lowest BCUT2D eigenvalue weighted by Crippen LogP contribution is -2.34. The van der Waals surface area contributed by atoms with Crippen LogP contribution in [-0.2, 0) is 5.54 Å². The van der Waals surface area contributed by atoms with Gasteiger partial charge in [-0.25, -0.2) is 4.39 Å². The van der Waals surface area contributed by atoms with Crippen LogP contribution >= 0.6 is 0 Å². The summed E-state index contributed by atoms with van der Waals surface area (Å²) in [5.41, 5.74) is 8.49. The Hall–Kier alpha value is -1.09. The largest absolute Gasteiger partial charge is 0.496 e. The first-order chi connectivity index (χ1) is 7.99. The van der Waals surface area contributed by atoms with Crippen LogP contribution in [0.5, 0.6) is 5.75 Å². The van der Waals surface area contributed by atoms with Gasteiger partial charge in [-0.2, -0.15) is 0 Å². The van der Waals surface area contributed by atoms with E-state index in [1.807, 2.05) is 6.92 Å². The van der Waals surface area contributed by atoms with E-state index >= 15 is 0 Å². The fraction of sp³-hybridized carbons (Fsp3) is 0.571. The van der Waals surface area contributed by atoms with Crippen LogP contribution in [0.3, 0.4) is 0 Å². The first kappa shape index (κ1) is 12.4. The van der Waals surface area contributed by atoms with Crippen molar-refractivity contribution >= 4 is 0 Å². The maximum Gasteiger partial charge on any atom is 0.130 e. The number of ether oxygens (including phenoxy) is 1. The summed E-state index contributed by atoms with van der Waals surface area (Å²) in [6, 6.07) is 1.60. The Bertz CT molecular complexity index is 436. The molecule has 2 rings (SSSR count). The van der Waals surface area contributed by atoms with Crippen LogP contribution in [0, 0.1) is 19.7 Å². The van der Waals surface area contributed by atoms with Crippen molar-refractivity contribution in [3.63, 3.8) is 0 Å². The van der Waals surface area contributed by atoms with E-state index in [0.717, 1.165) is 36.8 Å². The van der Waals surface area contributed by atoms with Gasteiger partial charge in [-0.3, -0.25) is 0 Å². The molecule has 0 spiro atoms. The van der Waals surface area contributed by atoms with Gasteiger partial charge in [0.2, 0.25) is 0 Å². The lowest BCUT2D eigenvalue weighted by atomic mass is 9.85. The Morgan fingerprint density at radius 2 is 1.82 bits per heavy atom. The molecule has 1 saturated carbocycles. The monoisotopic (exact) mass is 237 g/mol. The van der Waals surface area contributed by atoms with Crippen LogP contribution in [0.15, 0.2) is 6.07 Å². The summed E-state index contributed by atoms with van der Waals surface area (Å²) in [6.45, 7) is 3.70. The molecular weight excluding hydrogens is 217 g/mol. The molecule has 0 amide bonds. The Morgan fingerprint density at radius 3 is 2.35 bits per heavy atom. The molecule has 0 unspecified atom stereocenters. The lowest BCUT2D eigenvalue weighted by molar-refractivity contribution is 0.395. The van der Waals surface area contributed by atoms with Gasteiger partial charge in [0.15, 0.2) is 0 Å². The molecule has 1 aromatic rings. The maximum atomic E-state index is 13.9. The van der Waals surface area contributed by atoms with Gasteiger partial charge in [-0.05, 0) is 43.9 Å². The molecule has 0 atom stereocenters.